The van der Waals surface area contributed by atoms with Crippen molar-refractivity contribution < 1.29 is 23.1 Å². The summed E-state index contributed by atoms with van der Waals surface area (Å²) < 4.78 is 30.7. The smallest absolute Gasteiger partial charge is 0.338 e. The number of carbonyl (C=O) groups is 2. The molecule has 0 radical (unpaired) electrons. The van der Waals surface area contributed by atoms with Gasteiger partial charge in [-0.25, -0.2) is 13.6 Å². The lowest BCUT2D eigenvalue weighted by molar-refractivity contribution is -0.124. The third kappa shape index (κ3) is 6.00. The van der Waals surface area contributed by atoms with Crippen molar-refractivity contribution in [1.82, 2.24) is 5.32 Å². The Morgan fingerprint density at radius 3 is 2.38 bits per heavy atom. The van der Waals surface area contributed by atoms with E-state index in [1.807, 2.05) is 30.3 Å². The molecule has 2 aromatic rings. The molecule has 126 valence electrons. The van der Waals surface area contributed by atoms with Gasteiger partial charge in [0.25, 0.3) is 5.91 Å². The molecule has 0 aliphatic heterocycles. The van der Waals surface area contributed by atoms with Gasteiger partial charge in [-0.15, -0.1) is 11.8 Å². The van der Waals surface area contributed by atoms with Gasteiger partial charge in [-0.2, -0.15) is 0 Å². The van der Waals surface area contributed by atoms with Crippen LogP contribution in [0.25, 0.3) is 0 Å². The normalized spacial score (nSPS) is 10.2. The standard InChI is InChI=1S/C17H15F2NO3S/c18-13-8-12(9-14(19)10-13)17(22)23-11-16(21)20-6-7-24-15-4-2-1-3-5-15/h1-5,8-10H,6-7,11H2,(H,20,21). The summed E-state index contributed by atoms with van der Waals surface area (Å²) >= 11 is 1.58. The van der Waals surface area contributed by atoms with Gasteiger partial charge in [0.05, 0.1) is 5.56 Å². The molecule has 4 nitrogen and oxygen atoms in total. The Bertz CT molecular complexity index is 690. The molecule has 0 atom stereocenters. The zero-order valence-corrected chi connectivity index (χ0v) is 13.4. The SMILES string of the molecule is O=C(COC(=O)c1cc(F)cc(F)c1)NCCSc1ccccc1. The number of nitrogens with one attached hydrogen (secondary N) is 1. The fourth-order valence-electron chi connectivity index (χ4n) is 1.81. The van der Waals surface area contributed by atoms with Crippen LogP contribution in [0.4, 0.5) is 8.78 Å². The topological polar surface area (TPSA) is 55.4 Å². The van der Waals surface area contributed by atoms with Gasteiger partial charge in [0.15, 0.2) is 6.61 Å². The van der Waals surface area contributed by atoms with E-state index in [1.165, 1.54) is 0 Å². The zero-order chi connectivity index (χ0) is 17.4. The third-order valence-corrected chi connectivity index (χ3v) is 3.88. The number of amides is 1. The minimum Gasteiger partial charge on any atom is -0.452 e. The summed E-state index contributed by atoms with van der Waals surface area (Å²) in [5.41, 5.74) is -0.278. The molecule has 0 spiro atoms. The van der Waals surface area contributed by atoms with Gasteiger partial charge < -0.3 is 10.1 Å². The fraction of sp³-hybridized carbons (Fsp3) is 0.176. The van der Waals surface area contributed by atoms with E-state index >= 15 is 0 Å². The summed E-state index contributed by atoms with van der Waals surface area (Å²) in [6.45, 7) is -0.0997. The number of carbonyl (C=O) groups excluding carboxylic acids is 2. The molecule has 0 saturated carbocycles. The van der Waals surface area contributed by atoms with Crippen molar-refractivity contribution in [3.63, 3.8) is 0 Å². The Morgan fingerprint density at radius 1 is 1.04 bits per heavy atom. The number of hydrogen-bond acceptors (Lipinski definition) is 4. The first-order valence-corrected chi connectivity index (χ1v) is 8.11. The average molecular weight is 351 g/mol. The van der Waals surface area contributed by atoms with Crippen LogP contribution in [-0.2, 0) is 9.53 Å². The van der Waals surface area contributed by atoms with E-state index in [2.05, 4.69) is 5.32 Å². The number of esters is 1. The van der Waals surface area contributed by atoms with E-state index in [1.54, 1.807) is 11.8 Å². The number of hydrogen-bond donors (Lipinski definition) is 1. The maximum absolute atomic E-state index is 13.0. The van der Waals surface area contributed by atoms with Gasteiger partial charge in [0.1, 0.15) is 11.6 Å². The molecule has 0 aromatic heterocycles. The first-order valence-electron chi connectivity index (χ1n) is 7.12. The van der Waals surface area contributed by atoms with Crippen LogP contribution in [0.5, 0.6) is 0 Å². The summed E-state index contributed by atoms with van der Waals surface area (Å²) in [5.74, 6) is -2.54. The second-order valence-corrected chi connectivity index (χ2v) is 5.91. The number of thioether (sulfide) groups is 1. The van der Waals surface area contributed by atoms with Crippen LogP contribution in [0.1, 0.15) is 10.4 Å². The van der Waals surface area contributed by atoms with Crippen LogP contribution in [0.3, 0.4) is 0 Å². The minimum absolute atomic E-state index is 0.278. The first-order chi connectivity index (χ1) is 11.5. The first kappa shape index (κ1) is 17.9. The number of benzene rings is 2. The summed E-state index contributed by atoms with van der Waals surface area (Å²) in [6, 6.07) is 12.0. The summed E-state index contributed by atoms with van der Waals surface area (Å²) in [5, 5.41) is 2.60. The van der Waals surface area contributed by atoms with Crippen LogP contribution in [0.2, 0.25) is 0 Å². The number of ether oxygens (including phenoxy) is 1. The Labute approximate surface area is 142 Å². The maximum Gasteiger partial charge on any atom is 0.338 e. The van der Waals surface area contributed by atoms with E-state index in [4.69, 9.17) is 4.74 Å². The number of halogens is 2. The monoisotopic (exact) mass is 351 g/mol. The Balaban J connectivity index is 1.68. The van der Waals surface area contributed by atoms with E-state index in [9.17, 15) is 18.4 Å². The molecule has 0 bridgehead atoms. The lowest BCUT2D eigenvalue weighted by Gasteiger charge is -2.07. The zero-order valence-electron chi connectivity index (χ0n) is 12.6. The van der Waals surface area contributed by atoms with Gasteiger partial charge in [-0.05, 0) is 24.3 Å². The van der Waals surface area contributed by atoms with Crippen LogP contribution < -0.4 is 5.32 Å². The second kappa shape index (κ2) is 9.02. The molecule has 1 amide bonds. The predicted octanol–water partition coefficient (Wildman–Crippen LogP) is 3.03. The lowest BCUT2D eigenvalue weighted by atomic mass is 10.2. The summed E-state index contributed by atoms with van der Waals surface area (Å²) in [7, 11) is 0. The average Bonchev–Trinajstić information content (AvgIpc) is 2.56. The quantitative estimate of drug-likeness (QED) is 0.473. The molecule has 24 heavy (non-hydrogen) atoms. The molecule has 2 aromatic carbocycles. The highest BCUT2D eigenvalue weighted by molar-refractivity contribution is 7.99. The highest BCUT2D eigenvalue weighted by Gasteiger charge is 2.12. The molecule has 0 fully saturated rings. The van der Waals surface area contributed by atoms with Crippen molar-refractivity contribution in [3.05, 3.63) is 65.7 Å². The number of rotatable bonds is 7. The van der Waals surface area contributed by atoms with Crippen molar-refractivity contribution in [2.75, 3.05) is 18.9 Å². The van der Waals surface area contributed by atoms with Crippen LogP contribution in [0, 0.1) is 11.6 Å². The molecule has 2 rings (SSSR count). The van der Waals surface area contributed by atoms with Crippen LogP contribution >= 0.6 is 11.8 Å². The van der Waals surface area contributed by atoms with Gasteiger partial charge >= 0.3 is 5.97 Å². The summed E-state index contributed by atoms with van der Waals surface area (Å²) in [4.78, 5) is 24.3. The minimum atomic E-state index is -0.956. The highest BCUT2D eigenvalue weighted by atomic mass is 32.2. The van der Waals surface area contributed by atoms with Crippen molar-refractivity contribution >= 4 is 23.6 Å². The molecule has 0 aliphatic carbocycles. The van der Waals surface area contributed by atoms with Gasteiger partial charge in [-0.3, -0.25) is 4.79 Å². The predicted molar refractivity (Wildman–Crippen MR) is 86.8 cm³/mol. The second-order valence-electron chi connectivity index (χ2n) is 4.75. The van der Waals surface area contributed by atoms with Gasteiger partial charge in [0, 0.05) is 23.3 Å². The van der Waals surface area contributed by atoms with E-state index < -0.39 is 30.1 Å². The molecular weight excluding hydrogens is 336 g/mol. The van der Waals surface area contributed by atoms with Gasteiger partial charge in [-0.1, -0.05) is 18.2 Å². The largest absolute Gasteiger partial charge is 0.452 e. The molecule has 7 heteroatoms. The third-order valence-electron chi connectivity index (χ3n) is 2.87. The van der Waals surface area contributed by atoms with Gasteiger partial charge in [0.2, 0.25) is 0 Å². The lowest BCUT2D eigenvalue weighted by Crippen LogP contribution is -2.30. The Hall–Kier alpha value is -2.41. The Morgan fingerprint density at radius 2 is 1.71 bits per heavy atom. The fourth-order valence-corrected chi connectivity index (χ4v) is 2.60. The van der Waals surface area contributed by atoms with Crippen molar-refractivity contribution in [3.8, 4) is 0 Å². The van der Waals surface area contributed by atoms with E-state index in [-0.39, 0.29) is 5.56 Å². The van der Waals surface area contributed by atoms with Crippen molar-refractivity contribution in [1.29, 1.82) is 0 Å². The van der Waals surface area contributed by atoms with Crippen molar-refractivity contribution in [2.24, 2.45) is 0 Å². The van der Waals surface area contributed by atoms with E-state index in [0.29, 0.717) is 18.4 Å². The van der Waals surface area contributed by atoms with Crippen molar-refractivity contribution in [2.45, 2.75) is 4.90 Å². The highest BCUT2D eigenvalue weighted by Crippen LogP contribution is 2.15. The maximum atomic E-state index is 13.0. The molecule has 0 heterocycles. The Kier molecular flexibility index (Phi) is 6.74. The molecular formula is C17H15F2NO3S. The molecule has 0 saturated heterocycles. The molecule has 0 unspecified atom stereocenters. The summed E-state index contributed by atoms with van der Waals surface area (Å²) in [6.07, 6.45) is 0. The van der Waals surface area contributed by atoms with Crippen LogP contribution in [0.15, 0.2) is 53.4 Å². The van der Waals surface area contributed by atoms with E-state index in [0.717, 1.165) is 17.0 Å². The molecule has 0 aliphatic rings. The van der Waals surface area contributed by atoms with Crippen LogP contribution in [-0.4, -0.2) is 30.8 Å². The molecule has 1 N–H and O–H groups in total.